The first kappa shape index (κ1) is 14.1. The van der Waals surface area contributed by atoms with Gasteiger partial charge < -0.3 is 16.4 Å². The molecule has 2 amide bonds. The summed E-state index contributed by atoms with van der Waals surface area (Å²) in [5.41, 5.74) is 10.2. The number of carbonyl (C=O) groups excluding carboxylic acids is 1. The van der Waals surface area contributed by atoms with Crippen LogP contribution in [0.25, 0.3) is 0 Å². The van der Waals surface area contributed by atoms with Crippen molar-refractivity contribution in [1.29, 1.82) is 0 Å². The molecule has 0 aliphatic carbocycles. The highest BCUT2D eigenvalue weighted by Crippen LogP contribution is 2.17. The number of nitrogens with one attached hydrogen (secondary N) is 2. The third-order valence-electron chi connectivity index (χ3n) is 3.06. The van der Waals surface area contributed by atoms with E-state index in [0.29, 0.717) is 6.54 Å². The van der Waals surface area contributed by atoms with Crippen LogP contribution in [0.2, 0.25) is 0 Å². The topological polar surface area (TPSA) is 67.2 Å². The average Bonchev–Trinajstić information content (AvgIpc) is 2.43. The molecule has 20 heavy (non-hydrogen) atoms. The van der Waals surface area contributed by atoms with E-state index >= 15 is 0 Å². The van der Waals surface area contributed by atoms with E-state index in [2.05, 4.69) is 10.6 Å². The summed E-state index contributed by atoms with van der Waals surface area (Å²) in [5, 5.41) is 5.66. The first-order chi connectivity index (χ1) is 9.58. The lowest BCUT2D eigenvalue weighted by Crippen LogP contribution is -2.20. The number of urea groups is 1. The van der Waals surface area contributed by atoms with Crippen molar-refractivity contribution < 1.29 is 4.79 Å². The molecule has 0 fully saturated rings. The van der Waals surface area contributed by atoms with Crippen molar-refractivity contribution in [2.24, 2.45) is 5.73 Å². The smallest absolute Gasteiger partial charge is 0.323 e. The Morgan fingerprint density at radius 3 is 2.65 bits per heavy atom. The van der Waals surface area contributed by atoms with E-state index in [4.69, 9.17) is 5.73 Å². The van der Waals surface area contributed by atoms with Gasteiger partial charge in [0.25, 0.3) is 0 Å². The molecule has 0 aliphatic rings. The zero-order chi connectivity index (χ0) is 14.5. The molecular weight excluding hydrogens is 250 g/mol. The Morgan fingerprint density at radius 2 is 1.90 bits per heavy atom. The monoisotopic (exact) mass is 269 g/mol. The van der Waals surface area contributed by atoms with Crippen LogP contribution in [0.5, 0.6) is 0 Å². The van der Waals surface area contributed by atoms with Crippen molar-refractivity contribution in [3.63, 3.8) is 0 Å². The third-order valence-corrected chi connectivity index (χ3v) is 3.06. The lowest BCUT2D eigenvalue weighted by Gasteiger charge is -2.11. The minimum atomic E-state index is -0.257. The minimum absolute atomic E-state index is 0.257. The van der Waals surface area contributed by atoms with Gasteiger partial charge in [-0.25, -0.2) is 4.79 Å². The summed E-state index contributed by atoms with van der Waals surface area (Å²) in [6.07, 6.45) is 0. The molecule has 0 atom stereocenters. The fourth-order valence-electron chi connectivity index (χ4n) is 1.93. The Bertz CT molecular complexity index is 623. The SMILES string of the molecule is Cc1ccc(C)c(NC(=O)Nc2cccc(CN)c2)c1. The molecule has 0 saturated heterocycles. The van der Waals surface area contributed by atoms with E-state index in [0.717, 1.165) is 28.1 Å². The highest BCUT2D eigenvalue weighted by molar-refractivity contribution is 6.00. The Labute approximate surface area is 119 Å². The van der Waals surface area contributed by atoms with Crippen molar-refractivity contribution in [3.8, 4) is 0 Å². The number of amides is 2. The van der Waals surface area contributed by atoms with Crippen molar-refractivity contribution in [3.05, 3.63) is 59.2 Å². The van der Waals surface area contributed by atoms with Gasteiger partial charge in [-0.1, -0.05) is 24.3 Å². The molecule has 0 unspecified atom stereocenters. The molecule has 0 spiro atoms. The fraction of sp³-hybridized carbons (Fsp3) is 0.188. The zero-order valence-electron chi connectivity index (χ0n) is 11.7. The van der Waals surface area contributed by atoms with Gasteiger partial charge in [0.15, 0.2) is 0 Å². The predicted octanol–water partition coefficient (Wildman–Crippen LogP) is 3.41. The highest BCUT2D eigenvalue weighted by atomic mass is 16.2. The van der Waals surface area contributed by atoms with Crippen LogP contribution < -0.4 is 16.4 Å². The van der Waals surface area contributed by atoms with Crippen LogP contribution in [0.3, 0.4) is 0 Å². The summed E-state index contributed by atoms with van der Waals surface area (Å²) in [4.78, 5) is 12.0. The van der Waals surface area contributed by atoms with Gasteiger partial charge in [0.2, 0.25) is 0 Å². The molecule has 2 aromatic carbocycles. The van der Waals surface area contributed by atoms with Gasteiger partial charge >= 0.3 is 6.03 Å². The maximum Gasteiger partial charge on any atom is 0.323 e. The predicted molar refractivity (Wildman–Crippen MR) is 82.9 cm³/mol. The van der Waals surface area contributed by atoms with Crippen LogP contribution >= 0.6 is 0 Å². The summed E-state index contributed by atoms with van der Waals surface area (Å²) >= 11 is 0. The molecule has 0 radical (unpaired) electrons. The van der Waals surface area contributed by atoms with Gasteiger partial charge in [0, 0.05) is 17.9 Å². The van der Waals surface area contributed by atoms with E-state index in [1.54, 1.807) is 0 Å². The van der Waals surface area contributed by atoms with Crippen LogP contribution in [0, 0.1) is 13.8 Å². The Hall–Kier alpha value is -2.33. The number of carbonyl (C=O) groups is 1. The maximum atomic E-state index is 12.0. The van der Waals surface area contributed by atoms with Gasteiger partial charge in [-0.05, 0) is 48.7 Å². The number of hydrogen-bond acceptors (Lipinski definition) is 2. The first-order valence-electron chi connectivity index (χ1n) is 6.53. The van der Waals surface area contributed by atoms with E-state index in [1.165, 1.54) is 0 Å². The zero-order valence-corrected chi connectivity index (χ0v) is 11.7. The van der Waals surface area contributed by atoms with Gasteiger partial charge in [-0.2, -0.15) is 0 Å². The molecule has 4 heteroatoms. The van der Waals surface area contributed by atoms with Gasteiger partial charge in [-0.3, -0.25) is 0 Å². The van der Waals surface area contributed by atoms with Crippen LogP contribution in [0.4, 0.5) is 16.2 Å². The summed E-state index contributed by atoms with van der Waals surface area (Å²) in [6, 6.07) is 13.2. The first-order valence-corrected chi connectivity index (χ1v) is 6.53. The third kappa shape index (κ3) is 3.59. The molecule has 2 aromatic rings. The minimum Gasteiger partial charge on any atom is -0.326 e. The second-order valence-corrected chi connectivity index (χ2v) is 4.80. The van der Waals surface area contributed by atoms with Crippen molar-refractivity contribution in [2.75, 3.05) is 10.6 Å². The molecule has 104 valence electrons. The summed E-state index contributed by atoms with van der Waals surface area (Å²) < 4.78 is 0. The van der Waals surface area contributed by atoms with Crippen LogP contribution in [0.15, 0.2) is 42.5 Å². The number of hydrogen-bond donors (Lipinski definition) is 3. The number of nitrogens with two attached hydrogens (primary N) is 1. The molecular formula is C16H19N3O. The van der Waals surface area contributed by atoms with Gasteiger partial charge in [-0.15, -0.1) is 0 Å². The Balaban J connectivity index is 2.07. The van der Waals surface area contributed by atoms with E-state index < -0.39 is 0 Å². The lowest BCUT2D eigenvalue weighted by molar-refractivity contribution is 0.262. The molecule has 4 nitrogen and oxygen atoms in total. The maximum absolute atomic E-state index is 12.0. The summed E-state index contributed by atoms with van der Waals surface area (Å²) in [7, 11) is 0. The number of aryl methyl sites for hydroxylation is 2. The largest absolute Gasteiger partial charge is 0.326 e. The summed E-state index contributed by atoms with van der Waals surface area (Å²) in [6.45, 7) is 4.41. The molecule has 2 rings (SSSR count). The molecule has 0 aromatic heterocycles. The lowest BCUT2D eigenvalue weighted by atomic mass is 10.1. The number of benzene rings is 2. The van der Waals surface area contributed by atoms with Crippen molar-refractivity contribution >= 4 is 17.4 Å². The van der Waals surface area contributed by atoms with Gasteiger partial charge in [0.1, 0.15) is 0 Å². The van der Waals surface area contributed by atoms with Crippen LogP contribution in [0.1, 0.15) is 16.7 Å². The Kier molecular flexibility index (Phi) is 4.38. The quantitative estimate of drug-likeness (QED) is 0.799. The van der Waals surface area contributed by atoms with Gasteiger partial charge in [0.05, 0.1) is 0 Å². The standard InChI is InChI=1S/C16H19N3O/c1-11-6-7-12(2)15(8-11)19-16(20)18-14-5-3-4-13(9-14)10-17/h3-9H,10,17H2,1-2H3,(H2,18,19,20). The number of rotatable bonds is 3. The van der Waals surface area contributed by atoms with Crippen molar-refractivity contribution in [2.45, 2.75) is 20.4 Å². The molecule has 0 bridgehead atoms. The fourth-order valence-corrected chi connectivity index (χ4v) is 1.93. The highest BCUT2D eigenvalue weighted by Gasteiger charge is 2.05. The van der Waals surface area contributed by atoms with E-state index in [-0.39, 0.29) is 6.03 Å². The average molecular weight is 269 g/mol. The van der Waals surface area contributed by atoms with E-state index in [9.17, 15) is 4.79 Å². The second kappa shape index (κ2) is 6.21. The molecule has 0 heterocycles. The summed E-state index contributed by atoms with van der Waals surface area (Å²) in [5.74, 6) is 0. The van der Waals surface area contributed by atoms with E-state index in [1.807, 2.05) is 56.3 Å². The molecule has 0 saturated carbocycles. The Morgan fingerprint density at radius 1 is 1.10 bits per heavy atom. The second-order valence-electron chi connectivity index (χ2n) is 4.80. The van der Waals surface area contributed by atoms with Crippen molar-refractivity contribution in [1.82, 2.24) is 0 Å². The van der Waals surface area contributed by atoms with Crippen LogP contribution in [-0.4, -0.2) is 6.03 Å². The number of anilines is 2. The van der Waals surface area contributed by atoms with Crippen LogP contribution in [-0.2, 0) is 6.54 Å². The molecule has 4 N–H and O–H groups in total. The normalized spacial score (nSPS) is 10.2. The molecule has 0 aliphatic heterocycles.